The summed E-state index contributed by atoms with van der Waals surface area (Å²) in [5.41, 5.74) is 2.45. The highest BCUT2D eigenvalue weighted by Crippen LogP contribution is 2.61. The van der Waals surface area contributed by atoms with Crippen LogP contribution in [0.4, 0.5) is 10.2 Å². The van der Waals surface area contributed by atoms with Crippen LogP contribution in [0.3, 0.4) is 0 Å². The number of halogens is 1. The first-order valence-corrected chi connectivity index (χ1v) is 12.7. The number of fused-ring (bicyclic) bond motifs is 4. The molecule has 6 rings (SSSR count). The highest BCUT2D eigenvalue weighted by Gasteiger charge is 2.63. The predicted octanol–water partition coefficient (Wildman–Crippen LogP) is 3.29. The smallest absolute Gasteiger partial charge is 0.223 e. The number of amides is 1. The molecule has 0 atom stereocenters. The fraction of sp³-hybridized carbons (Fsp3) is 0.519. The first-order valence-electron chi connectivity index (χ1n) is 12.7. The Morgan fingerprint density at radius 3 is 2.75 bits per heavy atom. The van der Waals surface area contributed by atoms with E-state index in [-0.39, 0.29) is 22.7 Å². The number of carbonyl (C=O) groups is 1. The Morgan fingerprint density at radius 2 is 2.00 bits per heavy atom. The summed E-state index contributed by atoms with van der Waals surface area (Å²) in [6.45, 7) is 6.03. The maximum absolute atomic E-state index is 14.2. The second kappa shape index (κ2) is 8.52. The zero-order valence-corrected chi connectivity index (χ0v) is 21.2. The second-order valence-electron chi connectivity index (χ2n) is 11.0. The number of aryl methyl sites for hydroxylation is 1. The Kier molecular flexibility index (Phi) is 5.53. The van der Waals surface area contributed by atoms with Gasteiger partial charge in [0.25, 0.3) is 0 Å². The van der Waals surface area contributed by atoms with Crippen molar-refractivity contribution in [1.82, 2.24) is 24.3 Å². The number of rotatable bonds is 6. The molecule has 1 saturated heterocycles. The van der Waals surface area contributed by atoms with E-state index < -0.39 is 0 Å². The minimum Gasteiger partial charge on any atom is -0.367 e. The second-order valence-corrected chi connectivity index (χ2v) is 11.0. The summed E-state index contributed by atoms with van der Waals surface area (Å²) in [7, 11) is 3.99. The number of ether oxygens (including phenoxy) is 1. The molecule has 2 aromatic heterocycles. The molecule has 4 heterocycles. The number of carbonyl (C=O) groups excluding carboxylic acids is 1. The van der Waals surface area contributed by atoms with Crippen LogP contribution in [0, 0.1) is 18.2 Å². The molecule has 2 aliphatic heterocycles. The summed E-state index contributed by atoms with van der Waals surface area (Å²) in [4.78, 5) is 26.0. The number of hydrogen-bond donors (Lipinski definition) is 1. The zero-order valence-electron chi connectivity index (χ0n) is 21.2. The summed E-state index contributed by atoms with van der Waals surface area (Å²) >= 11 is 0. The Morgan fingerprint density at radius 1 is 1.22 bits per heavy atom. The van der Waals surface area contributed by atoms with Crippen LogP contribution in [-0.4, -0.2) is 70.6 Å². The first kappa shape index (κ1) is 23.4. The predicted molar refractivity (Wildman–Crippen MR) is 135 cm³/mol. The highest BCUT2D eigenvalue weighted by molar-refractivity contribution is 5.89. The maximum Gasteiger partial charge on any atom is 0.223 e. The Bertz CT molecular complexity index is 1320. The van der Waals surface area contributed by atoms with Crippen LogP contribution < -0.4 is 5.32 Å². The van der Waals surface area contributed by atoms with Crippen molar-refractivity contribution in [1.29, 1.82) is 0 Å². The van der Waals surface area contributed by atoms with Crippen LogP contribution in [0.5, 0.6) is 0 Å². The van der Waals surface area contributed by atoms with Crippen molar-refractivity contribution in [3.63, 3.8) is 0 Å². The molecule has 1 saturated carbocycles. The molecular formula is C27H33FN6O2. The third-order valence-electron chi connectivity index (χ3n) is 7.93. The monoisotopic (exact) mass is 492 g/mol. The summed E-state index contributed by atoms with van der Waals surface area (Å²) in [6.07, 6.45) is 2.40. The van der Waals surface area contributed by atoms with Gasteiger partial charge in [-0.2, -0.15) is 0 Å². The van der Waals surface area contributed by atoms with E-state index >= 15 is 0 Å². The molecule has 36 heavy (non-hydrogen) atoms. The topological polar surface area (TPSA) is 75.5 Å². The van der Waals surface area contributed by atoms with Gasteiger partial charge in [0, 0.05) is 50.1 Å². The van der Waals surface area contributed by atoms with Gasteiger partial charge >= 0.3 is 0 Å². The van der Waals surface area contributed by atoms with Crippen LogP contribution in [-0.2, 0) is 28.2 Å². The molecule has 190 valence electrons. The summed E-state index contributed by atoms with van der Waals surface area (Å²) < 4.78 is 22.9. The van der Waals surface area contributed by atoms with Crippen molar-refractivity contribution in [2.75, 3.05) is 45.7 Å². The van der Waals surface area contributed by atoms with Gasteiger partial charge in [0.05, 0.1) is 17.7 Å². The summed E-state index contributed by atoms with van der Waals surface area (Å²) in [5, 5.41) is 4.28. The minimum atomic E-state index is -0.339. The third kappa shape index (κ3) is 3.85. The van der Waals surface area contributed by atoms with E-state index in [4.69, 9.17) is 9.72 Å². The van der Waals surface area contributed by atoms with Gasteiger partial charge in [0.2, 0.25) is 5.91 Å². The van der Waals surface area contributed by atoms with Gasteiger partial charge in [0.15, 0.2) is 0 Å². The molecule has 3 aliphatic rings. The van der Waals surface area contributed by atoms with Crippen molar-refractivity contribution in [3.8, 4) is 0 Å². The average molecular weight is 493 g/mol. The molecule has 8 nitrogen and oxygen atoms in total. The van der Waals surface area contributed by atoms with Gasteiger partial charge in [-0.25, -0.2) is 14.4 Å². The standard InChI is InChI=1S/C27H33FN6O2/c1-18-30-24(29-13-19-6-4-5-7-21(19)28)20-12-22-27(36-11-10-34(22)25(20)31-18)14-26(15-27)16-33(17-26)23(35)8-9-32(2)3/h4-7,12H,8-11,13-17H2,1-3H3,(H,29,30,31). The molecule has 2 fully saturated rings. The van der Waals surface area contributed by atoms with Crippen LogP contribution in [0.25, 0.3) is 11.0 Å². The third-order valence-corrected chi connectivity index (χ3v) is 7.93. The molecule has 1 aliphatic carbocycles. The van der Waals surface area contributed by atoms with E-state index in [0.717, 1.165) is 55.7 Å². The molecular weight excluding hydrogens is 459 g/mol. The van der Waals surface area contributed by atoms with Crippen molar-refractivity contribution >= 4 is 22.8 Å². The van der Waals surface area contributed by atoms with E-state index in [9.17, 15) is 9.18 Å². The lowest BCUT2D eigenvalue weighted by molar-refractivity contribution is -0.232. The van der Waals surface area contributed by atoms with Crippen LogP contribution >= 0.6 is 0 Å². The molecule has 1 aromatic carbocycles. The molecule has 3 aromatic rings. The van der Waals surface area contributed by atoms with Gasteiger partial charge in [-0.05, 0) is 46.0 Å². The van der Waals surface area contributed by atoms with Crippen LogP contribution in [0.1, 0.15) is 36.3 Å². The molecule has 1 N–H and O–H groups in total. The number of benzene rings is 1. The SMILES string of the molecule is Cc1nc(NCc2ccccc2F)c2cc3n(c2n1)CCOC31CC2(CN(C(=O)CCN(C)C)C2)C1. The van der Waals surface area contributed by atoms with Gasteiger partial charge in [0.1, 0.15) is 28.7 Å². The number of nitrogens with zero attached hydrogens (tertiary/aromatic N) is 5. The molecule has 0 radical (unpaired) electrons. The van der Waals surface area contributed by atoms with Gasteiger partial charge in [-0.15, -0.1) is 0 Å². The largest absolute Gasteiger partial charge is 0.367 e. The van der Waals surface area contributed by atoms with Crippen molar-refractivity contribution in [2.24, 2.45) is 5.41 Å². The summed E-state index contributed by atoms with van der Waals surface area (Å²) in [5.74, 6) is 1.40. The van der Waals surface area contributed by atoms with Crippen LogP contribution in [0.2, 0.25) is 0 Å². The maximum atomic E-state index is 14.2. The van der Waals surface area contributed by atoms with E-state index in [1.54, 1.807) is 12.1 Å². The molecule has 9 heteroatoms. The van der Waals surface area contributed by atoms with E-state index in [0.29, 0.717) is 36.8 Å². The van der Waals surface area contributed by atoms with Gasteiger partial charge < -0.3 is 24.4 Å². The Hall–Kier alpha value is -3.04. The van der Waals surface area contributed by atoms with E-state index in [1.165, 1.54) is 6.07 Å². The average Bonchev–Trinajstić information content (AvgIpc) is 3.18. The van der Waals surface area contributed by atoms with Gasteiger partial charge in [-0.3, -0.25) is 4.79 Å². The van der Waals surface area contributed by atoms with Crippen molar-refractivity contribution in [3.05, 3.63) is 53.2 Å². The number of likely N-dealkylation sites (tertiary alicyclic amines) is 1. The normalized spacial score (nSPS) is 19.4. The van der Waals surface area contributed by atoms with E-state index in [1.807, 2.05) is 36.9 Å². The molecule has 1 amide bonds. The van der Waals surface area contributed by atoms with Crippen molar-refractivity contribution in [2.45, 2.75) is 44.9 Å². The number of hydrogen-bond acceptors (Lipinski definition) is 6. The molecule has 0 bridgehead atoms. The lowest BCUT2D eigenvalue weighted by Crippen LogP contribution is -2.69. The lowest BCUT2D eigenvalue weighted by atomic mass is 9.54. The highest BCUT2D eigenvalue weighted by atomic mass is 19.1. The summed E-state index contributed by atoms with van der Waals surface area (Å²) in [6, 6.07) is 8.94. The fourth-order valence-electron chi connectivity index (χ4n) is 6.28. The number of anilines is 1. The quantitative estimate of drug-likeness (QED) is 0.569. The lowest BCUT2D eigenvalue weighted by Gasteiger charge is -2.64. The Balaban J connectivity index is 1.22. The van der Waals surface area contributed by atoms with E-state index in [2.05, 4.69) is 20.9 Å². The van der Waals surface area contributed by atoms with Crippen LogP contribution in [0.15, 0.2) is 30.3 Å². The van der Waals surface area contributed by atoms with Crippen molar-refractivity contribution < 1.29 is 13.9 Å². The first-order chi connectivity index (χ1) is 17.3. The fourth-order valence-corrected chi connectivity index (χ4v) is 6.28. The number of nitrogens with one attached hydrogen (secondary N) is 1. The van der Waals surface area contributed by atoms with Gasteiger partial charge in [-0.1, -0.05) is 18.2 Å². The number of aromatic nitrogens is 3. The zero-order chi connectivity index (χ0) is 25.1. The Labute approximate surface area is 210 Å². The minimum absolute atomic E-state index is 0.153. The molecule has 0 unspecified atom stereocenters. The molecule has 2 spiro atoms.